The van der Waals surface area contributed by atoms with Gasteiger partial charge in [-0.25, -0.2) is 17.2 Å². The van der Waals surface area contributed by atoms with Gasteiger partial charge in [-0.3, -0.25) is 13.9 Å². The molecule has 1 aliphatic carbocycles. The lowest BCUT2D eigenvalue weighted by atomic mass is 10.0. The molecule has 0 heterocycles. The summed E-state index contributed by atoms with van der Waals surface area (Å²) in [4.78, 5) is 29.7. The van der Waals surface area contributed by atoms with Crippen LogP contribution in [-0.4, -0.2) is 43.8 Å². The summed E-state index contributed by atoms with van der Waals surface area (Å²) in [6, 6.07) is 25.1. The van der Waals surface area contributed by atoms with E-state index in [2.05, 4.69) is 5.32 Å². The highest BCUT2D eigenvalue weighted by Crippen LogP contribution is 2.28. The molecule has 0 aromatic heterocycles. The molecule has 10 heteroatoms. The first-order valence-electron chi connectivity index (χ1n) is 15.3. The van der Waals surface area contributed by atoms with Gasteiger partial charge in [0.15, 0.2) is 0 Å². The number of nitrogens with one attached hydrogen (secondary N) is 1. The Labute approximate surface area is 268 Å². The van der Waals surface area contributed by atoms with Gasteiger partial charge in [0.1, 0.15) is 24.2 Å². The number of benzene rings is 4. The number of sulfonamides is 1. The Kier molecular flexibility index (Phi) is 10.5. The molecule has 0 bridgehead atoms. The summed E-state index contributed by atoms with van der Waals surface area (Å²) in [6.45, 7) is 0.927. The molecule has 0 radical (unpaired) electrons. The Hall–Kier alpha value is -4.57. The molecule has 0 aliphatic heterocycles. The minimum atomic E-state index is -4.43. The maximum atomic E-state index is 15.3. The van der Waals surface area contributed by atoms with Crippen LogP contribution in [0.15, 0.2) is 108 Å². The van der Waals surface area contributed by atoms with Crippen LogP contribution in [0.4, 0.5) is 14.5 Å². The van der Waals surface area contributed by atoms with Gasteiger partial charge in [0, 0.05) is 19.0 Å². The molecule has 4 aromatic rings. The lowest BCUT2D eigenvalue weighted by molar-refractivity contribution is -0.140. The molecular weight excluding hydrogens is 608 g/mol. The molecule has 46 heavy (non-hydrogen) atoms. The smallest absolute Gasteiger partial charge is 0.264 e. The van der Waals surface area contributed by atoms with Crippen molar-refractivity contribution in [1.29, 1.82) is 0 Å². The zero-order chi connectivity index (χ0) is 32.7. The van der Waals surface area contributed by atoms with E-state index in [0.29, 0.717) is 5.56 Å². The van der Waals surface area contributed by atoms with Gasteiger partial charge in [0.05, 0.1) is 10.6 Å². The predicted octanol–water partition coefficient (Wildman–Crippen LogP) is 6.17. The molecule has 0 saturated heterocycles. The molecule has 0 unspecified atom stereocenters. The fourth-order valence-electron chi connectivity index (χ4n) is 5.71. The second-order valence-corrected chi connectivity index (χ2v) is 13.5. The van der Waals surface area contributed by atoms with Gasteiger partial charge in [-0.05, 0) is 67.3 Å². The van der Waals surface area contributed by atoms with Crippen molar-refractivity contribution < 1.29 is 26.8 Å². The van der Waals surface area contributed by atoms with E-state index in [1.165, 1.54) is 59.5 Å². The lowest BCUT2D eigenvalue weighted by Gasteiger charge is -2.34. The topological polar surface area (TPSA) is 86.8 Å². The third-order valence-corrected chi connectivity index (χ3v) is 10.0. The van der Waals surface area contributed by atoms with E-state index >= 15 is 4.39 Å². The van der Waals surface area contributed by atoms with Gasteiger partial charge < -0.3 is 10.2 Å². The Morgan fingerprint density at radius 1 is 0.826 bits per heavy atom. The largest absolute Gasteiger partial charge is 0.352 e. The van der Waals surface area contributed by atoms with Crippen LogP contribution in [0.2, 0.25) is 0 Å². The van der Waals surface area contributed by atoms with E-state index in [0.717, 1.165) is 47.2 Å². The van der Waals surface area contributed by atoms with Gasteiger partial charge in [0.2, 0.25) is 11.8 Å². The molecule has 2 amide bonds. The van der Waals surface area contributed by atoms with Crippen LogP contribution in [0.25, 0.3) is 0 Å². The number of anilines is 1. The van der Waals surface area contributed by atoms with Crippen LogP contribution in [0.1, 0.15) is 42.4 Å². The van der Waals surface area contributed by atoms with Crippen molar-refractivity contribution in [3.05, 3.63) is 131 Å². The lowest BCUT2D eigenvalue weighted by Crippen LogP contribution is -2.54. The molecule has 1 N–H and O–H groups in total. The van der Waals surface area contributed by atoms with Crippen LogP contribution < -0.4 is 9.62 Å². The summed E-state index contributed by atoms with van der Waals surface area (Å²) in [6.07, 6.45) is 3.77. The van der Waals surface area contributed by atoms with Crippen molar-refractivity contribution in [3.8, 4) is 0 Å². The maximum Gasteiger partial charge on any atom is 0.264 e. The van der Waals surface area contributed by atoms with Crippen molar-refractivity contribution >= 4 is 27.5 Å². The highest BCUT2D eigenvalue weighted by molar-refractivity contribution is 7.92. The monoisotopic (exact) mass is 645 g/mol. The number of nitrogens with zero attached hydrogens (tertiary/aromatic N) is 2. The van der Waals surface area contributed by atoms with Gasteiger partial charge in [-0.1, -0.05) is 85.1 Å². The van der Waals surface area contributed by atoms with E-state index in [1.54, 1.807) is 12.1 Å². The molecule has 4 aromatic carbocycles. The summed E-state index contributed by atoms with van der Waals surface area (Å²) < 4.78 is 57.9. The van der Waals surface area contributed by atoms with E-state index in [9.17, 15) is 22.4 Å². The summed E-state index contributed by atoms with van der Waals surface area (Å²) >= 11 is 0. The molecule has 1 saturated carbocycles. The Bertz CT molecular complexity index is 1740. The number of carbonyl (C=O) groups is 2. The van der Waals surface area contributed by atoms with Crippen LogP contribution in [-0.2, 0) is 32.6 Å². The number of hydrogen-bond acceptors (Lipinski definition) is 4. The summed E-state index contributed by atoms with van der Waals surface area (Å²) in [7, 11) is -4.43. The van der Waals surface area contributed by atoms with Crippen molar-refractivity contribution in [2.75, 3.05) is 10.8 Å². The second-order valence-electron chi connectivity index (χ2n) is 11.6. The van der Waals surface area contributed by atoms with E-state index in [1.807, 2.05) is 37.3 Å². The summed E-state index contributed by atoms with van der Waals surface area (Å²) in [5, 5.41) is 3.10. The van der Waals surface area contributed by atoms with Crippen molar-refractivity contribution in [1.82, 2.24) is 10.2 Å². The SMILES string of the molecule is Cc1ccc(S(=O)(=O)N(CC(=O)N(Cc2ccc(F)cc2)[C@@H](Cc2ccccc2)C(=O)NC2CCCC2)c2ccccc2F)cc1. The minimum Gasteiger partial charge on any atom is -0.352 e. The first kappa shape index (κ1) is 32.8. The summed E-state index contributed by atoms with van der Waals surface area (Å²) in [5.74, 6) is -2.37. The highest BCUT2D eigenvalue weighted by atomic mass is 32.2. The van der Waals surface area contributed by atoms with Gasteiger partial charge >= 0.3 is 0 Å². The zero-order valence-corrected chi connectivity index (χ0v) is 26.4. The van der Waals surface area contributed by atoms with Gasteiger partial charge in [0.25, 0.3) is 10.0 Å². The number of aryl methyl sites for hydroxylation is 1. The first-order valence-corrected chi connectivity index (χ1v) is 16.8. The fraction of sp³-hybridized carbons (Fsp3) is 0.278. The Morgan fingerprint density at radius 3 is 2.11 bits per heavy atom. The number of amides is 2. The van der Waals surface area contributed by atoms with Crippen molar-refractivity contribution in [2.24, 2.45) is 0 Å². The number of halogens is 2. The molecule has 240 valence electrons. The molecule has 0 spiro atoms. The molecule has 1 fully saturated rings. The average Bonchev–Trinajstić information content (AvgIpc) is 3.56. The third-order valence-electron chi connectivity index (χ3n) is 8.25. The van der Waals surface area contributed by atoms with Crippen LogP contribution in [0, 0.1) is 18.6 Å². The average molecular weight is 646 g/mol. The van der Waals surface area contributed by atoms with Gasteiger partial charge in [-0.2, -0.15) is 0 Å². The second kappa shape index (κ2) is 14.7. The van der Waals surface area contributed by atoms with Crippen molar-refractivity contribution in [3.63, 3.8) is 0 Å². The normalized spacial score (nSPS) is 14.1. The zero-order valence-electron chi connectivity index (χ0n) is 25.6. The van der Waals surface area contributed by atoms with Crippen LogP contribution in [0.3, 0.4) is 0 Å². The number of hydrogen-bond donors (Lipinski definition) is 1. The predicted molar refractivity (Wildman–Crippen MR) is 173 cm³/mol. The van der Waals surface area contributed by atoms with Crippen LogP contribution in [0.5, 0.6) is 0 Å². The number of rotatable bonds is 12. The van der Waals surface area contributed by atoms with Crippen molar-refractivity contribution in [2.45, 2.75) is 62.6 Å². The Morgan fingerprint density at radius 2 is 1.46 bits per heavy atom. The molecule has 5 rings (SSSR count). The number of carbonyl (C=O) groups excluding carboxylic acids is 2. The number of para-hydroxylation sites is 1. The third kappa shape index (κ3) is 7.98. The van der Waals surface area contributed by atoms with E-state index in [-0.39, 0.29) is 35.5 Å². The highest BCUT2D eigenvalue weighted by Gasteiger charge is 2.36. The Balaban J connectivity index is 1.57. The molecule has 1 atom stereocenters. The van der Waals surface area contributed by atoms with E-state index < -0.39 is 40.2 Å². The van der Waals surface area contributed by atoms with Crippen LogP contribution >= 0.6 is 0 Å². The summed E-state index contributed by atoms with van der Waals surface area (Å²) in [5.41, 5.74) is 1.87. The fourth-order valence-corrected chi connectivity index (χ4v) is 7.13. The molecule has 7 nitrogen and oxygen atoms in total. The maximum absolute atomic E-state index is 15.3. The minimum absolute atomic E-state index is 0.0367. The van der Waals surface area contributed by atoms with E-state index in [4.69, 9.17) is 0 Å². The molecule has 1 aliphatic rings. The van der Waals surface area contributed by atoms with Gasteiger partial charge in [-0.15, -0.1) is 0 Å². The first-order chi connectivity index (χ1) is 22.1. The standard InChI is InChI=1S/C36H37F2N3O4S/c1-26-15-21-31(22-16-26)46(44,45)41(33-14-8-7-13-32(33)38)25-35(42)40(24-28-17-19-29(37)20-18-28)34(23-27-9-3-2-4-10-27)36(43)39-30-11-5-6-12-30/h2-4,7-10,13-22,30,34H,5-6,11-12,23-25H2,1H3,(H,39,43)/t34-/m0/s1. The quantitative estimate of drug-likeness (QED) is 0.200. The molecular formula is C36H37F2N3O4S.